The standard InChI is InChI=1S/C19H24N2O2/c1-14(2)12-20-13-15-5-4-6-17(11-15)21-19(22)16-7-9-18(23-3)10-8-16/h4-11,14,20H,12-13H2,1-3H3,(H,21,22). The first-order valence-corrected chi connectivity index (χ1v) is 7.83. The fraction of sp³-hybridized carbons (Fsp3) is 0.316. The second-order valence-electron chi connectivity index (χ2n) is 5.91. The highest BCUT2D eigenvalue weighted by molar-refractivity contribution is 6.04. The molecule has 2 aromatic rings. The van der Waals surface area contributed by atoms with Gasteiger partial charge < -0.3 is 15.4 Å². The van der Waals surface area contributed by atoms with E-state index < -0.39 is 0 Å². The Morgan fingerprint density at radius 1 is 1.13 bits per heavy atom. The molecule has 1 amide bonds. The molecule has 0 atom stereocenters. The lowest BCUT2D eigenvalue weighted by Gasteiger charge is -2.10. The monoisotopic (exact) mass is 312 g/mol. The van der Waals surface area contributed by atoms with Gasteiger partial charge in [-0.3, -0.25) is 4.79 Å². The van der Waals surface area contributed by atoms with Gasteiger partial charge >= 0.3 is 0 Å². The molecular weight excluding hydrogens is 288 g/mol. The predicted molar refractivity (Wildman–Crippen MR) is 93.9 cm³/mol. The minimum absolute atomic E-state index is 0.125. The Morgan fingerprint density at radius 3 is 2.52 bits per heavy atom. The van der Waals surface area contributed by atoms with Gasteiger partial charge in [0.1, 0.15) is 5.75 Å². The molecule has 0 aliphatic carbocycles. The van der Waals surface area contributed by atoms with E-state index in [2.05, 4.69) is 30.5 Å². The number of amides is 1. The van der Waals surface area contributed by atoms with E-state index in [0.717, 1.165) is 30.1 Å². The van der Waals surface area contributed by atoms with E-state index in [1.807, 2.05) is 18.2 Å². The molecule has 0 spiro atoms. The van der Waals surface area contributed by atoms with Gasteiger partial charge in [0, 0.05) is 17.8 Å². The van der Waals surface area contributed by atoms with Crippen LogP contribution in [0.1, 0.15) is 29.8 Å². The Kier molecular flexibility index (Phi) is 6.18. The number of anilines is 1. The molecule has 0 radical (unpaired) electrons. The first-order valence-electron chi connectivity index (χ1n) is 7.83. The molecule has 0 heterocycles. The lowest BCUT2D eigenvalue weighted by Crippen LogP contribution is -2.19. The average molecular weight is 312 g/mol. The van der Waals surface area contributed by atoms with Gasteiger partial charge in [-0.25, -0.2) is 0 Å². The van der Waals surface area contributed by atoms with Crippen molar-refractivity contribution in [1.29, 1.82) is 0 Å². The molecule has 4 nitrogen and oxygen atoms in total. The molecule has 23 heavy (non-hydrogen) atoms. The number of methoxy groups -OCH3 is 1. The van der Waals surface area contributed by atoms with E-state index >= 15 is 0 Å². The molecule has 0 unspecified atom stereocenters. The van der Waals surface area contributed by atoms with Crippen molar-refractivity contribution in [3.8, 4) is 5.75 Å². The first-order chi connectivity index (χ1) is 11.1. The van der Waals surface area contributed by atoms with Crippen molar-refractivity contribution in [3.63, 3.8) is 0 Å². The number of carbonyl (C=O) groups is 1. The molecule has 0 aliphatic rings. The molecule has 0 saturated carbocycles. The number of carbonyl (C=O) groups excluding carboxylic acids is 1. The number of rotatable bonds is 7. The number of benzene rings is 2. The average Bonchev–Trinajstić information content (AvgIpc) is 2.55. The third-order valence-corrected chi connectivity index (χ3v) is 3.42. The van der Waals surface area contributed by atoms with Crippen LogP contribution in [0.25, 0.3) is 0 Å². The van der Waals surface area contributed by atoms with E-state index in [1.54, 1.807) is 31.4 Å². The van der Waals surface area contributed by atoms with Crippen LogP contribution < -0.4 is 15.4 Å². The fourth-order valence-corrected chi connectivity index (χ4v) is 2.21. The van der Waals surface area contributed by atoms with Crippen LogP contribution in [-0.4, -0.2) is 19.6 Å². The second-order valence-corrected chi connectivity index (χ2v) is 5.91. The van der Waals surface area contributed by atoms with Crippen LogP contribution in [0.2, 0.25) is 0 Å². The van der Waals surface area contributed by atoms with Gasteiger partial charge in [-0.15, -0.1) is 0 Å². The Balaban J connectivity index is 1.97. The Bertz CT molecular complexity index is 636. The molecule has 2 N–H and O–H groups in total. The third-order valence-electron chi connectivity index (χ3n) is 3.42. The zero-order valence-electron chi connectivity index (χ0n) is 13.9. The number of nitrogens with one attached hydrogen (secondary N) is 2. The lowest BCUT2D eigenvalue weighted by atomic mass is 10.1. The van der Waals surface area contributed by atoms with Crippen LogP contribution in [0, 0.1) is 5.92 Å². The zero-order valence-corrected chi connectivity index (χ0v) is 13.9. The van der Waals surface area contributed by atoms with E-state index in [9.17, 15) is 4.79 Å². The molecule has 0 bridgehead atoms. The van der Waals surface area contributed by atoms with Crippen molar-refractivity contribution in [2.24, 2.45) is 5.92 Å². The third kappa shape index (κ3) is 5.42. The van der Waals surface area contributed by atoms with Crippen molar-refractivity contribution in [3.05, 3.63) is 59.7 Å². The van der Waals surface area contributed by atoms with Crippen molar-refractivity contribution in [2.75, 3.05) is 19.0 Å². The summed E-state index contributed by atoms with van der Waals surface area (Å²) in [5.41, 5.74) is 2.56. The molecule has 2 aromatic carbocycles. The van der Waals surface area contributed by atoms with Gasteiger partial charge in [0.25, 0.3) is 5.91 Å². The summed E-state index contributed by atoms with van der Waals surface area (Å²) in [4.78, 5) is 12.3. The summed E-state index contributed by atoms with van der Waals surface area (Å²) < 4.78 is 5.10. The maximum Gasteiger partial charge on any atom is 0.255 e. The van der Waals surface area contributed by atoms with Gasteiger partial charge in [-0.1, -0.05) is 26.0 Å². The van der Waals surface area contributed by atoms with Crippen molar-refractivity contribution in [1.82, 2.24) is 5.32 Å². The predicted octanol–water partition coefficient (Wildman–Crippen LogP) is 3.69. The topological polar surface area (TPSA) is 50.4 Å². The molecule has 0 fully saturated rings. The smallest absolute Gasteiger partial charge is 0.255 e. The number of ether oxygens (including phenoxy) is 1. The van der Waals surface area contributed by atoms with Crippen molar-refractivity contribution >= 4 is 11.6 Å². The summed E-state index contributed by atoms with van der Waals surface area (Å²) >= 11 is 0. The van der Waals surface area contributed by atoms with Gasteiger partial charge in [-0.2, -0.15) is 0 Å². The quantitative estimate of drug-likeness (QED) is 0.820. The molecule has 0 saturated heterocycles. The Labute approximate surface area is 137 Å². The highest BCUT2D eigenvalue weighted by atomic mass is 16.5. The largest absolute Gasteiger partial charge is 0.497 e. The van der Waals surface area contributed by atoms with Crippen LogP contribution in [-0.2, 0) is 6.54 Å². The molecule has 4 heteroatoms. The number of hydrogen-bond donors (Lipinski definition) is 2. The van der Waals surface area contributed by atoms with Crippen LogP contribution in [0.5, 0.6) is 5.75 Å². The van der Waals surface area contributed by atoms with E-state index in [1.165, 1.54) is 0 Å². The van der Waals surface area contributed by atoms with Gasteiger partial charge in [-0.05, 0) is 54.4 Å². The second kappa shape index (κ2) is 8.34. The Morgan fingerprint density at radius 2 is 1.87 bits per heavy atom. The van der Waals surface area contributed by atoms with E-state index in [4.69, 9.17) is 4.74 Å². The molecular formula is C19H24N2O2. The summed E-state index contributed by atoms with van der Waals surface area (Å²) in [6, 6.07) is 15.0. The summed E-state index contributed by atoms with van der Waals surface area (Å²) in [6.45, 7) is 6.13. The van der Waals surface area contributed by atoms with Crippen LogP contribution >= 0.6 is 0 Å². The van der Waals surface area contributed by atoms with Crippen LogP contribution in [0.15, 0.2) is 48.5 Å². The van der Waals surface area contributed by atoms with Crippen molar-refractivity contribution < 1.29 is 9.53 Å². The van der Waals surface area contributed by atoms with Crippen molar-refractivity contribution in [2.45, 2.75) is 20.4 Å². The summed E-state index contributed by atoms with van der Waals surface area (Å²) in [5, 5.41) is 6.33. The molecule has 0 aromatic heterocycles. The van der Waals surface area contributed by atoms with E-state index in [0.29, 0.717) is 11.5 Å². The van der Waals surface area contributed by atoms with E-state index in [-0.39, 0.29) is 5.91 Å². The highest BCUT2D eigenvalue weighted by Gasteiger charge is 2.06. The molecule has 2 rings (SSSR count). The van der Waals surface area contributed by atoms with Gasteiger partial charge in [0.05, 0.1) is 7.11 Å². The minimum Gasteiger partial charge on any atom is -0.497 e. The summed E-state index contributed by atoms with van der Waals surface area (Å²) in [6.07, 6.45) is 0. The lowest BCUT2D eigenvalue weighted by molar-refractivity contribution is 0.102. The highest BCUT2D eigenvalue weighted by Crippen LogP contribution is 2.15. The summed E-state index contributed by atoms with van der Waals surface area (Å²) in [7, 11) is 1.61. The fourth-order valence-electron chi connectivity index (χ4n) is 2.21. The minimum atomic E-state index is -0.125. The number of hydrogen-bond acceptors (Lipinski definition) is 3. The van der Waals surface area contributed by atoms with Gasteiger partial charge in [0.15, 0.2) is 0 Å². The summed E-state index contributed by atoms with van der Waals surface area (Å²) in [5.74, 6) is 1.23. The molecule has 0 aliphatic heterocycles. The first kappa shape index (κ1) is 17.0. The van der Waals surface area contributed by atoms with Gasteiger partial charge in [0.2, 0.25) is 0 Å². The maximum absolute atomic E-state index is 12.3. The zero-order chi connectivity index (χ0) is 16.7. The molecule has 122 valence electrons. The maximum atomic E-state index is 12.3. The van der Waals surface area contributed by atoms with Crippen LogP contribution in [0.4, 0.5) is 5.69 Å². The Hall–Kier alpha value is -2.33. The van der Waals surface area contributed by atoms with Crippen LogP contribution in [0.3, 0.4) is 0 Å². The SMILES string of the molecule is COc1ccc(C(=O)Nc2cccc(CNCC(C)C)c2)cc1. The normalized spacial score (nSPS) is 10.6.